The second kappa shape index (κ2) is 4.96. The van der Waals surface area contributed by atoms with Crippen LogP contribution in [-0.4, -0.2) is 20.9 Å². The van der Waals surface area contributed by atoms with Crippen molar-refractivity contribution in [1.29, 1.82) is 0 Å². The monoisotopic (exact) mass is 210 g/mol. The third-order valence-electron chi connectivity index (χ3n) is 2.20. The summed E-state index contributed by atoms with van der Waals surface area (Å²) in [5.41, 5.74) is 1.19. The van der Waals surface area contributed by atoms with Gasteiger partial charge >= 0.3 is 5.97 Å². The van der Waals surface area contributed by atoms with Crippen molar-refractivity contribution in [3.63, 3.8) is 0 Å². The Balaban J connectivity index is 3.00. The molecule has 84 valence electrons. The summed E-state index contributed by atoms with van der Waals surface area (Å²) in [5.74, 6) is -0.407. The van der Waals surface area contributed by atoms with Crippen LogP contribution in [0.25, 0.3) is 0 Å². The quantitative estimate of drug-likeness (QED) is 0.810. The molecule has 0 bridgehead atoms. The van der Waals surface area contributed by atoms with Gasteiger partial charge in [-0.05, 0) is 12.3 Å². The Labute approximate surface area is 89.9 Å². The summed E-state index contributed by atoms with van der Waals surface area (Å²) in [5, 5.41) is 13.1. The van der Waals surface area contributed by atoms with E-state index in [1.807, 2.05) is 11.6 Å². The fraction of sp³-hybridized carbons (Fsp3) is 0.636. The van der Waals surface area contributed by atoms with E-state index >= 15 is 0 Å². The zero-order valence-corrected chi connectivity index (χ0v) is 9.53. The normalized spacial score (nSPS) is 10.9. The van der Waals surface area contributed by atoms with Gasteiger partial charge in [-0.2, -0.15) is 5.10 Å². The van der Waals surface area contributed by atoms with E-state index in [1.54, 1.807) is 0 Å². The van der Waals surface area contributed by atoms with Crippen molar-refractivity contribution in [2.24, 2.45) is 5.92 Å². The van der Waals surface area contributed by atoms with Crippen LogP contribution in [0.15, 0.2) is 6.20 Å². The molecule has 0 aliphatic rings. The van der Waals surface area contributed by atoms with Gasteiger partial charge in [-0.3, -0.25) is 4.68 Å². The van der Waals surface area contributed by atoms with Crippen molar-refractivity contribution in [2.75, 3.05) is 0 Å². The van der Waals surface area contributed by atoms with E-state index in [0.29, 0.717) is 11.5 Å². The maximum absolute atomic E-state index is 10.9. The number of aromatic nitrogens is 2. The smallest absolute Gasteiger partial charge is 0.339 e. The first kappa shape index (κ1) is 11.8. The van der Waals surface area contributed by atoms with Gasteiger partial charge in [0, 0.05) is 6.54 Å². The summed E-state index contributed by atoms with van der Waals surface area (Å²) in [6.45, 7) is 7.01. The van der Waals surface area contributed by atoms with Crippen LogP contribution in [0.3, 0.4) is 0 Å². The molecule has 0 amide bonds. The van der Waals surface area contributed by atoms with Gasteiger partial charge in [0.15, 0.2) is 0 Å². The van der Waals surface area contributed by atoms with E-state index in [1.165, 1.54) is 6.20 Å². The van der Waals surface area contributed by atoms with Gasteiger partial charge in [0.1, 0.15) is 5.56 Å². The van der Waals surface area contributed by atoms with E-state index in [4.69, 9.17) is 5.11 Å². The molecular formula is C11H18N2O2. The van der Waals surface area contributed by atoms with Gasteiger partial charge < -0.3 is 5.11 Å². The van der Waals surface area contributed by atoms with Gasteiger partial charge in [0.25, 0.3) is 0 Å². The summed E-state index contributed by atoms with van der Waals surface area (Å²) in [7, 11) is 0. The minimum atomic E-state index is -0.881. The molecular weight excluding hydrogens is 192 g/mol. The first-order chi connectivity index (χ1) is 7.06. The van der Waals surface area contributed by atoms with Crippen LogP contribution in [0.1, 0.15) is 43.2 Å². The lowest BCUT2D eigenvalue weighted by molar-refractivity contribution is 0.0695. The van der Waals surface area contributed by atoms with Crippen LogP contribution in [0.5, 0.6) is 0 Å². The highest BCUT2D eigenvalue weighted by atomic mass is 16.4. The van der Waals surface area contributed by atoms with E-state index in [-0.39, 0.29) is 0 Å². The fourth-order valence-electron chi connectivity index (χ4n) is 1.59. The lowest BCUT2D eigenvalue weighted by Gasteiger charge is -2.09. The second-order valence-corrected chi connectivity index (χ2v) is 4.14. The molecule has 4 heteroatoms. The summed E-state index contributed by atoms with van der Waals surface area (Å²) < 4.78 is 1.82. The average molecular weight is 210 g/mol. The molecule has 1 N–H and O–H groups in total. The summed E-state index contributed by atoms with van der Waals surface area (Å²) in [4.78, 5) is 10.9. The largest absolute Gasteiger partial charge is 0.478 e. The Hall–Kier alpha value is -1.32. The minimum absolute atomic E-state index is 0.345. The molecule has 0 saturated heterocycles. The lowest BCUT2D eigenvalue weighted by Crippen LogP contribution is -2.11. The van der Waals surface area contributed by atoms with Crippen molar-refractivity contribution in [3.05, 3.63) is 17.5 Å². The summed E-state index contributed by atoms with van der Waals surface area (Å²) >= 11 is 0. The van der Waals surface area contributed by atoms with E-state index in [9.17, 15) is 4.79 Å². The zero-order valence-electron chi connectivity index (χ0n) is 9.53. The van der Waals surface area contributed by atoms with Gasteiger partial charge in [-0.1, -0.05) is 27.2 Å². The van der Waals surface area contributed by atoms with Gasteiger partial charge in [0.2, 0.25) is 0 Å². The first-order valence-corrected chi connectivity index (χ1v) is 5.34. The molecule has 0 spiro atoms. The molecule has 0 saturated carbocycles. The van der Waals surface area contributed by atoms with Crippen molar-refractivity contribution >= 4 is 5.97 Å². The highest BCUT2D eigenvalue weighted by Gasteiger charge is 2.15. The number of aromatic carboxylic acids is 1. The second-order valence-electron chi connectivity index (χ2n) is 4.14. The number of carbonyl (C=O) groups is 1. The maximum atomic E-state index is 10.9. The van der Waals surface area contributed by atoms with Gasteiger partial charge in [-0.25, -0.2) is 4.79 Å². The molecule has 1 aromatic rings. The van der Waals surface area contributed by atoms with Crippen molar-refractivity contribution in [3.8, 4) is 0 Å². The SMILES string of the molecule is CCCc1c(C(=O)O)cnn1CC(C)C. The Bertz CT molecular complexity index is 342. The van der Waals surface area contributed by atoms with Gasteiger partial charge in [-0.15, -0.1) is 0 Å². The molecule has 1 aromatic heterocycles. The van der Waals surface area contributed by atoms with Crippen LogP contribution in [0, 0.1) is 5.92 Å². The molecule has 4 nitrogen and oxygen atoms in total. The molecule has 0 fully saturated rings. The van der Waals surface area contributed by atoms with Crippen LogP contribution in [0.2, 0.25) is 0 Å². The summed E-state index contributed by atoms with van der Waals surface area (Å²) in [6, 6.07) is 0. The standard InChI is InChI=1S/C11H18N2O2/c1-4-5-10-9(11(14)15)6-12-13(10)7-8(2)3/h6,8H,4-5,7H2,1-3H3,(H,14,15). The number of nitrogens with zero attached hydrogens (tertiary/aromatic N) is 2. The Kier molecular flexibility index (Phi) is 3.88. The number of hydrogen-bond donors (Lipinski definition) is 1. The van der Waals surface area contributed by atoms with Crippen molar-refractivity contribution in [2.45, 2.75) is 40.2 Å². The summed E-state index contributed by atoms with van der Waals surface area (Å²) in [6.07, 6.45) is 3.16. The zero-order chi connectivity index (χ0) is 11.4. The number of hydrogen-bond acceptors (Lipinski definition) is 2. The Morgan fingerprint density at radius 2 is 2.27 bits per heavy atom. The van der Waals surface area contributed by atoms with E-state index < -0.39 is 5.97 Å². The van der Waals surface area contributed by atoms with Crippen LogP contribution < -0.4 is 0 Å². The minimum Gasteiger partial charge on any atom is -0.478 e. The fourth-order valence-corrected chi connectivity index (χ4v) is 1.59. The molecule has 0 aromatic carbocycles. The predicted molar refractivity (Wildman–Crippen MR) is 58.0 cm³/mol. The molecule has 0 aliphatic heterocycles. The molecule has 0 aliphatic carbocycles. The van der Waals surface area contributed by atoms with E-state index in [0.717, 1.165) is 25.1 Å². The number of carboxylic acid groups (broad SMARTS) is 1. The number of rotatable bonds is 5. The predicted octanol–water partition coefficient (Wildman–Crippen LogP) is 2.19. The molecule has 1 heterocycles. The molecule has 0 atom stereocenters. The topological polar surface area (TPSA) is 55.1 Å². The van der Waals surface area contributed by atoms with Crippen LogP contribution in [-0.2, 0) is 13.0 Å². The Morgan fingerprint density at radius 3 is 2.73 bits per heavy atom. The highest BCUT2D eigenvalue weighted by Crippen LogP contribution is 2.13. The lowest BCUT2D eigenvalue weighted by atomic mass is 10.1. The van der Waals surface area contributed by atoms with Gasteiger partial charge in [0.05, 0.1) is 11.9 Å². The third kappa shape index (κ3) is 2.81. The molecule has 15 heavy (non-hydrogen) atoms. The molecule has 1 rings (SSSR count). The van der Waals surface area contributed by atoms with Crippen molar-refractivity contribution in [1.82, 2.24) is 9.78 Å². The average Bonchev–Trinajstić information content (AvgIpc) is 2.48. The van der Waals surface area contributed by atoms with Crippen LogP contribution in [0.4, 0.5) is 0 Å². The maximum Gasteiger partial charge on any atom is 0.339 e. The van der Waals surface area contributed by atoms with E-state index in [2.05, 4.69) is 18.9 Å². The van der Waals surface area contributed by atoms with Crippen LogP contribution >= 0.6 is 0 Å². The molecule has 0 unspecified atom stereocenters. The highest BCUT2D eigenvalue weighted by molar-refractivity contribution is 5.88. The Morgan fingerprint density at radius 1 is 1.60 bits per heavy atom. The first-order valence-electron chi connectivity index (χ1n) is 5.34. The van der Waals surface area contributed by atoms with Crippen molar-refractivity contribution < 1.29 is 9.90 Å². The number of carboxylic acids is 1. The molecule has 0 radical (unpaired) electrons. The third-order valence-corrected chi connectivity index (χ3v) is 2.20.